The maximum Gasteiger partial charge on any atom is 0.321 e. The van der Waals surface area contributed by atoms with Crippen molar-refractivity contribution in [3.05, 3.63) is 34.7 Å². The number of nitrogens with one attached hydrogen (secondary N) is 1. The molecule has 18 heavy (non-hydrogen) atoms. The lowest BCUT2D eigenvalue weighted by Gasteiger charge is -2.12. The number of amides is 2. The van der Waals surface area contributed by atoms with Crippen LogP contribution in [-0.4, -0.2) is 25.0 Å². The Kier molecular flexibility index (Phi) is 6.09. The monoisotopic (exact) mass is 284 g/mol. The summed E-state index contributed by atoms with van der Waals surface area (Å²) < 4.78 is 0. The Hall–Kier alpha value is -1.13. The van der Waals surface area contributed by atoms with Crippen LogP contribution in [0.25, 0.3) is 0 Å². The van der Waals surface area contributed by atoms with E-state index in [0.717, 1.165) is 11.3 Å². The van der Waals surface area contributed by atoms with Gasteiger partial charge >= 0.3 is 6.03 Å². The Morgan fingerprint density at radius 3 is 2.78 bits per heavy atom. The Bertz CT molecular complexity index is 447. The molecule has 0 aliphatic heterocycles. The van der Waals surface area contributed by atoms with E-state index < -0.39 is 0 Å². The first-order chi connectivity index (χ1) is 8.54. The Balaban J connectivity index is 2.73. The van der Waals surface area contributed by atoms with Crippen molar-refractivity contribution in [2.45, 2.75) is 18.2 Å². The fourth-order valence-corrected chi connectivity index (χ4v) is 2.19. The molecule has 2 amide bonds. The molecule has 0 bridgehead atoms. The van der Waals surface area contributed by atoms with Crippen LogP contribution < -0.4 is 5.32 Å². The molecule has 0 aromatic heterocycles. The zero-order valence-corrected chi connectivity index (χ0v) is 12.3. The first-order valence-electron chi connectivity index (χ1n) is 5.64. The Morgan fingerprint density at radius 2 is 2.22 bits per heavy atom. The van der Waals surface area contributed by atoms with Gasteiger partial charge in [0.2, 0.25) is 0 Å². The molecule has 0 saturated heterocycles. The number of hydrogen-bond acceptors (Lipinski definition) is 2. The maximum absolute atomic E-state index is 11.5. The van der Waals surface area contributed by atoms with Crippen LogP contribution in [0, 0.1) is 0 Å². The van der Waals surface area contributed by atoms with Crippen LogP contribution in [0.15, 0.2) is 34.6 Å². The molecule has 3 nitrogen and oxygen atoms in total. The van der Waals surface area contributed by atoms with E-state index in [4.69, 9.17) is 11.6 Å². The highest BCUT2D eigenvalue weighted by atomic mass is 35.5. The number of hydrogen-bond donors (Lipinski definition) is 1. The summed E-state index contributed by atoms with van der Waals surface area (Å²) in [5, 5.41) is 5.40. The standard InChI is InChI=1S/C13H17ClN2OS/c1-4-5-8-18-12-7-6-10(9-11(12)14)15-13(17)16(2)3/h5-9H,4H2,1-3H3,(H,15,17). The molecular formula is C13H17ClN2OS. The molecule has 1 N–H and O–H groups in total. The van der Waals surface area contributed by atoms with E-state index >= 15 is 0 Å². The molecule has 0 fully saturated rings. The van der Waals surface area contributed by atoms with Gasteiger partial charge in [-0.3, -0.25) is 0 Å². The summed E-state index contributed by atoms with van der Waals surface area (Å²) in [6, 6.07) is 5.33. The second kappa shape index (κ2) is 7.34. The van der Waals surface area contributed by atoms with Crippen molar-refractivity contribution in [1.29, 1.82) is 0 Å². The van der Waals surface area contributed by atoms with Crippen molar-refractivity contribution >= 4 is 35.1 Å². The number of carbonyl (C=O) groups excluding carboxylic acids is 1. The van der Waals surface area contributed by atoms with Crippen molar-refractivity contribution < 1.29 is 4.79 Å². The van der Waals surface area contributed by atoms with E-state index in [-0.39, 0.29) is 6.03 Å². The van der Waals surface area contributed by atoms with Crippen LogP contribution in [-0.2, 0) is 0 Å². The number of benzene rings is 1. The fraction of sp³-hybridized carbons (Fsp3) is 0.308. The largest absolute Gasteiger partial charge is 0.331 e. The first-order valence-corrected chi connectivity index (χ1v) is 6.90. The van der Waals surface area contributed by atoms with E-state index in [2.05, 4.69) is 18.3 Å². The van der Waals surface area contributed by atoms with Crippen molar-refractivity contribution in [1.82, 2.24) is 4.90 Å². The van der Waals surface area contributed by atoms with Crippen LogP contribution in [0.2, 0.25) is 5.02 Å². The summed E-state index contributed by atoms with van der Waals surface area (Å²) >= 11 is 7.72. The Morgan fingerprint density at radius 1 is 1.50 bits per heavy atom. The third kappa shape index (κ3) is 4.63. The van der Waals surface area contributed by atoms with Gasteiger partial charge < -0.3 is 10.2 Å². The minimum absolute atomic E-state index is 0.169. The van der Waals surface area contributed by atoms with Gasteiger partial charge in [-0.05, 0) is 30.0 Å². The summed E-state index contributed by atoms with van der Waals surface area (Å²) in [4.78, 5) is 13.9. The van der Waals surface area contributed by atoms with Gasteiger partial charge in [0.05, 0.1) is 5.02 Å². The lowest BCUT2D eigenvalue weighted by molar-refractivity contribution is 0.230. The van der Waals surface area contributed by atoms with Crippen molar-refractivity contribution in [3.8, 4) is 0 Å². The molecule has 0 radical (unpaired) electrons. The van der Waals surface area contributed by atoms with Gasteiger partial charge in [-0.25, -0.2) is 4.79 Å². The highest BCUT2D eigenvalue weighted by molar-refractivity contribution is 8.02. The third-order valence-corrected chi connectivity index (χ3v) is 3.48. The van der Waals surface area contributed by atoms with Crippen LogP contribution in [0.5, 0.6) is 0 Å². The molecule has 0 aliphatic rings. The lowest BCUT2D eigenvalue weighted by Crippen LogP contribution is -2.27. The predicted molar refractivity (Wildman–Crippen MR) is 79.4 cm³/mol. The number of thioether (sulfide) groups is 1. The molecule has 1 aromatic carbocycles. The van der Waals surface area contributed by atoms with E-state index in [1.54, 1.807) is 31.9 Å². The van der Waals surface area contributed by atoms with Crippen LogP contribution in [0.1, 0.15) is 13.3 Å². The highest BCUT2D eigenvalue weighted by Gasteiger charge is 2.06. The zero-order chi connectivity index (χ0) is 13.5. The highest BCUT2D eigenvalue weighted by Crippen LogP contribution is 2.30. The molecule has 0 aliphatic carbocycles. The zero-order valence-electron chi connectivity index (χ0n) is 10.7. The number of rotatable bonds is 4. The molecule has 98 valence electrons. The van der Waals surface area contributed by atoms with Gasteiger partial charge in [-0.1, -0.05) is 36.4 Å². The molecular weight excluding hydrogens is 268 g/mol. The quantitative estimate of drug-likeness (QED) is 0.829. The molecule has 1 rings (SSSR count). The average Bonchev–Trinajstić information content (AvgIpc) is 2.32. The van der Waals surface area contributed by atoms with E-state index in [1.165, 1.54) is 4.90 Å². The predicted octanol–water partition coefficient (Wildman–Crippen LogP) is 4.45. The smallest absolute Gasteiger partial charge is 0.321 e. The number of allylic oxidation sites excluding steroid dienone is 1. The molecule has 0 spiro atoms. The molecule has 0 atom stereocenters. The number of urea groups is 1. The van der Waals surface area contributed by atoms with E-state index in [9.17, 15) is 4.79 Å². The minimum Gasteiger partial charge on any atom is -0.331 e. The topological polar surface area (TPSA) is 32.3 Å². The van der Waals surface area contributed by atoms with Gasteiger partial charge in [0.15, 0.2) is 0 Å². The van der Waals surface area contributed by atoms with Crippen molar-refractivity contribution in [3.63, 3.8) is 0 Å². The SMILES string of the molecule is CCC=CSc1ccc(NC(=O)N(C)C)cc1Cl. The maximum atomic E-state index is 11.5. The second-order valence-corrected chi connectivity index (χ2v) is 5.22. The summed E-state index contributed by atoms with van der Waals surface area (Å²) in [6.45, 7) is 2.08. The van der Waals surface area contributed by atoms with Gasteiger partial charge in [0, 0.05) is 24.7 Å². The van der Waals surface area contributed by atoms with Crippen molar-refractivity contribution in [2.75, 3.05) is 19.4 Å². The lowest BCUT2D eigenvalue weighted by atomic mass is 10.3. The van der Waals surface area contributed by atoms with Gasteiger partial charge in [0.25, 0.3) is 0 Å². The fourth-order valence-electron chi connectivity index (χ4n) is 1.13. The number of anilines is 1. The third-order valence-electron chi connectivity index (χ3n) is 2.12. The summed E-state index contributed by atoms with van der Waals surface area (Å²) in [5.74, 6) is 0. The minimum atomic E-state index is -0.169. The number of halogens is 1. The van der Waals surface area contributed by atoms with E-state index in [0.29, 0.717) is 10.7 Å². The molecule has 0 heterocycles. The molecule has 0 unspecified atom stereocenters. The molecule has 1 aromatic rings. The van der Waals surface area contributed by atoms with Gasteiger partial charge in [-0.2, -0.15) is 0 Å². The van der Waals surface area contributed by atoms with Crippen LogP contribution in [0.3, 0.4) is 0 Å². The summed E-state index contributed by atoms with van der Waals surface area (Å²) in [5.41, 5.74) is 0.697. The average molecular weight is 285 g/mol. The van der Waals surface area contributed by atoms with Gasteiger partial charge in [-0.15, -0.1) is 0 Å². The van der Waals surface area contributed by atoms with Gasteiger partial charge in [0.1, 0.15) is 0 Å². The second-order valence-electron chi connectivity index (χ2n) is 3.87. The van der Waals surface area contributed by atoms with Crippen LogP contribution >= 0.6 is 23.4 Å². The first kappa shape index (κ1) is 14.9. The Labute approximate surface area is 117 Å². The number of nitrogens with zero attached hydrogens (tertiary/aromatic N) is 1. The van der Waals surface area contributed by atoms with Crippen molar-refractivity contribution in [2.24, 2.45) is 0 Å². The number of carbonyl (C=O) groups is 1. The summed E-state index contributed by atoms with van der Waals surface area (Å²) in [7, 11) is 3.38. The normalized spacial score (nSPS) is 10.7. The summed E-state index contributed by atoms with van der Waals surface area (Å²) in [6.07, 6.45) is 3.07. The van der Waals surface area contributed by atoms with E-state index in [1.807, 2.05) is 17.5 Å². The molecule has 5 heteroatoms. The molecule has 0 saturated carbocycles. The van der Waals surface area contributed by atoms with Crippen LogP contribution in [0.4, 0.5) is 10.5 Å².